The molecule has 6 heteroatoms. The smallest absolute Gasteiger partial charge is 0.302 e. The number of halogens is 5. The van der Waals surface area contributed by atoms with Crippen LogP contribution in [0.5, 0.6) is 0 Å². The van der Waals surface area contributed by atoms with Gasteiger partial charge in [0.05, 0.1) is 5.41 Å². The van der Waals surface area contributed by atoms with Gasteiger partial charge in [0.25, 0.3) is 0 Å². The SMILES string of the molecule is Cc1ccc2c(c1)C(C=O)(CC(F)(F)C(F)(F)F)C=CC2. The van der Waals surface area contributed by atoms with E-state index in [1.165, 1.54) is 12.1 Å². The average molecular weight is 304 g/mol. The third-order valence-electron chi connectivity index (χ3n) is 3.66. The molecule has 1 nitrogen and oxygen atoms in total. The molecule has 2 rings (SSSR count). The first-order chi connectivity index (χ1) is 9.61. The molecule has 0 saturated heterocycles. The third kappa shape index (κ3) is 2.71. The molecule has 1 aromatic carbocycles. The van der Waals surface area contributed by atoms with E-state index in [1.807, 2.05) is 0 Å². The number of alkyl halides is 5. The Bertz CT molecular complexity index is 588. The molecule has 0 aromatic heterocycles. The van der Waals surface area contributed by atoms with Crippen molar-refractivity contribution in [2.75, 3.05) is 0 Å². The van der Waals surface area contributed by atoms with Gasteiger partial charge in [-0.1, -0.05) is 35.9 Å². The molecule has 0 saturated carbocycles. The predicted octanol–water partition coefficient (Wildman–Crippen LogP) is 4.13. The number of aldehydes is 1. The van der Waals surface area contributed by atoms with Crippen LogP contribution < -0.4 is 0 Å². The summed E-state index contributed by atoms with van der Waals surface area (Å²) in [6.07, 6.45) is -4.10. The standard InChI is InChI=1S/C15H13F5O/c1-10-4-5-11-3-2-6-13(9-21,12(11)7-10)8-14(16,17)15(18,19)20/h2,4-7,9H,3,8H2,1H3. The van der Waals surface area contributed by atoms with E-state index in [0.29, 0.717) is 17.5 Å². The molecule has 0 fully saturated rings. The van der Waals surface area contributed by atoms with Crippen LogP contribution in [0, 0.1) is 6.92 Å². The number of aryl methyl sites for hydroxylation is 1. The van der Waals surface area contributed by atoms with Gasteiger partial charge in [0.1, 0.15) is 6.29 Å². The van der Waals surface area contributed by atoms with Crippen LogP contribution >= 0.6 is 0 Å². The molecule has 0 amide bonds. The molecule has 21 heavy (non-hydrogen) atoms. The van der Waals surface area contributed by atoms with E-state index in [4.69, 9.17) is 0 Å². The number of fused-ring (bicyclic) bond motifs is 1. The number of carbonyl (C=O) groups is 1. The number of hydrogen-bond donors (Lipinski definition) is 0. The summed E-state index contributed by atoms with van der Waals surface area (Å²) in [5.74, 6) is -4.93. The molecular weight excluding hydrogens is 291 g/mol. The van der Waals surface area contributed by atoms with E-state index in [0.717, 1.165) is 6.08 Å². The van der Waals surface area contributed by atoms with Crippen LogP contribution in [-0.4, -0.2) is 18.4 Å². The topological polar surface area (TPSA) is 17.1 Å². The van der Waals surface area contributed by atoms with Crippen molar-refractivity contribution in [1.82, 2.24) is 0 Å². The van der Waals surface area contributed by atoms with Gasteiger partial charge in [0, 0.05) is 6.42 Å². The first kappa shape index (κ1) is 15.7. The van der Waals surface area contributed by atoms with Gasteiger partial charge in [0.15, 0.2) is 0 Å². The summed E-state index contributed by atoms with van der Waals surface area (Å²) >= 11 is 0. The largest absolute Gasteiger partial charge is 0.453 e. The van der Waals surface area contributed by atoms with Crippen LogP contribution in [0.2, 0.25) is 0 Å². The zero-order valence-electron chi connectivity index (χ0n) is 11.2. The van der Waals surface area contributed by atoms with Crippen molar-refractivity contribution in [3.8, 4) is 0 Å². The molecule has 1 aliphatic rings. The summed E-state index contributed by atoms with van der Waals surface area (Å²) in [6.45, 7) is 1.69. The van der Waals surface area contributed by atoms with Gasteiger partial charge in [-0.15, -0.1) is 0 Å². The minimum atomic E-state index is -5.68. The molecule has 1 atom stereocenters. The highest BCUT2D eigenvalue weighted by Gasteiger charge is 2.60. The Morgan fingerprint density at radius 1 is 1.24 bits per heavy atom. The summed E-state index contributed by atoms with van der Waals surface area (Å²) < 4.78 is 64.2. The lowest BCUT2D eigenvalue weighted by molar-refractivity contribution is -0.287. The molecule has 1 aromatic rings. The van der Waals surface area contributed by atoms with Gasteiger partial charge in [-0.3, -0.25) is 0 Å². The monoisotopic (exact) mass is 304 g/mol. The highest BCUT2D eigenvalue weighted by molar-refractivity contribution is 5.74. The van der Waals surface area contributed by atoms with Crippen molar-refractivity contribution in [3.63, 3.8) is 0 Å². The fraction of sp³-hybridized carbons (Fsp3) is 0.400. The van der Waals surface area contributed by atoms with Crippen LogP contribution in [0.4, 0.5) is 22.0 Å². The quantitative estimate of drug-likeness (QED) is 0.466. The number of rotatable bonds is 3. The molecule has 1 unspecified atom stereocenters. The zero-order valence-corrected chi connectivity index (χ0v) is 11.2. The number of benzene rings is 1. The van der Waals surface area contributed by atoms with Gasteiger partial charge in [-0.05, 0) is 24.5 Å². The Hall–Kier alpha value is -1.72. The van der Waals surface area contributed by atoms with Gasteiger partial charge >= 0.3 is 12.1 Å². The van der Waals surface area contributed by atoms with E-state index in [1.54, 1.807) is 19.1 Å². The van der Waals surface area contributed by atoms with Crippen LogP contribution in [0.3, 0.4) is 0 Å². The maximum Gasteiger partial charge on any atom is 0.453 e. The molecular formula is C15H13F5O. The Kier molecular flexibility index (Phi) is 3.68. The molecule has 0 spiro atoms. The minimum Gasteiger partial charge on any atom is -0.302 e. The summed E-state index contributed by atoms with van der Waals surface area (Å²) in [6, 6.07) is 4.88. The predicted molar refractivity (Wildman–Crippen MR) is 67.4 cm³/mol. The molecule has 0 heterocycles. The van der Waals surface area contributed by atoms with Crippen molar-refractivity contribution < 1.29 is 26.7 Å². The molecule has 0 radical (unpaired) electrons. The lowest BCUT2D eigenvalue weighted by Gasteiger charge is -2.34. The third-order valence-corrected chi connectivity index (χ3v) is 3.66. The summed E-state index contributed by atoms with van der Waals surface area (Å²) in [4.78, 5) is 11.4. The highest BCUT2D eigenvalue weighted by atomic mass is 19.4. The summed E-state index contributed by atoms with van der Waals surface area (Å²) in [7, 11) is 0. The second kappa shape index (κ2) is 4.93. The zero-order chi connectivity index (χ0) is 15.9. The lowest BCUT2D eigenvalue weighted by Crippen LogP contribution is -2.44. The van der Waals surface area contributed by atoms with E-state index >= 15 is 0 Å². The van der Waals surface area contributed by atoms with Crippen molar-refractivity contribution in [1.29, 1.82) is 0 Å². The van der Waals surface area contributed by atoms with E-state index in [2.05, 4.69) is 0 Å². The molecule has 1 aliphatic carbocycles. The maximum absolute atomic E-state index is 13.4. The second-order valence-electron chi connectivity index (χ2n) is 5.30. The number of hydrogen-bond acceptors (Lipinski definition) is 1. The maximum atomic E-state index is 13.4. The molecule has 0 N–H and O–H groups in total. The van der Waals surface area contributed by atoms with Crippen LogP contribution in [-0.2, 0) is 16.6 Å². The van der Waals surface area contributed by atoms with Crippen molar-refractivity contribution in [3.05, 3.63) is 47.0 Å². The van der Waals surface area contributed by atoms with Gasteiger partial charge in [-0.25, -0.2) is 0 Å². The molecule has 0 aliphatic heterocycles. The fourth-order valence-corrected chi connectivity index (χ4v) is 2.55. The van der Waals surface area contributed by atoms with Gasteiger partial charge < -0.3 is 4.79 Å². The van der Waals surface area contributed by atoms with Crippen molar-refractivity contribution in [2.45, 2.75) is 37.3 Å². The Balaban J connectivity index is 2.53. The lowest BCUT2D eigenvalue weighted by atomic mass is 9.71. The highest BCUT2D eigenvalue weighted by Crippen LogP contribution is 2.46. The normalized spacial score (nSPS) is 22.0. The van der Waals surface area contributed by atoms with Crippen LogP contribution in [0.1, 0.15) is 23.1 Å². The summed E-state index contributed by atoms with van der Waals surface area (Å²) in [5, 5.41) is 0. The van der Waals surface area contributed by atoms with Gasteiger partial charge in [0.2, 0.25) is 0 Å². The second-order valence-corrected chi connectivity index (χ2v) is 5.30. The first-order valence-corrected chi connectivity index (χ1v) is 6.30. The molecule has 114 valence electrons. The fourth-order valence-electron chi connectivity index (χ4n) is 2.55. The average Bonchev–Trinajstić information content (AvgIpc) is 2.38. The van der Waals surface area contributed by atoms with E-state index < -0.39 is 23.9 Å². The molecule has 0 bridgehead atoms. The first-order valence-electron chi connectivity index (χ1n) is 6.30. The van der Waals surface area contributed by atoms with Gasteiger partial charge in [-0.2, -0.15) is 22.0 Å². The summed E-state index contributed by atoms with van der Waals surface area (Å²) in [5.41, 5.74) is -0.429. The number of carbonyl (C=O) groups excluding carboxylic acids is 1. The van der Waals surface area contributed by atoms with Crippen molar-refractivity contribution >= 4 is 6.29 Å². The van der Waals surface area contributed by atoms with Crippen molar-refractivity contribution in [2.24, 2.45) is 0 Å². The van der Waals surface area contributed by atoms with Crippen LogP contribution in [0.15, 0.2) is 30.4 Å². The Labute approximate surface area is 118 Å². The van der Waals surface area contributed by atoms with E-state index in [9.17, 15) is 26.7 Å². The van der Waals surface area contributed by atoms with Crippen LogP contribution in [0.25, 0.3) is 0 Å². The Morgan fingerprint density at radius 2 is 1.90 bits per heavy atom. The number of allylic oxidation sites excluding steroid dienone is 2. The Morgan fingerprint density at radius 3 is 2.48 bits per heavy atom. The minimum absolute atomic E-state index is 0.181. The van der Waals surface area contributed by atoms with E-state index in [-0.39, 0.29) is 11.8 Å².